The zero-order chi connectivity index (χ0) is 22.0. The second-order valence-corrected chi connectivity index (χ2v) is 7.23. The predicted octanol–water partition coefficient (Wildman–Crippen LogP) is 2.69. The van der Waals surface area contributed by atoms with Crippen molar-refractivity contribution in [2.24, 2.45) is 5.73 Å². The summed E-state index contributed by atoms with van der Waals surface area (Å²) in [6, 6.07) is 3.08. The normalized spacial score (nSPS) is 12.8. The molecule has 1 radical (unpaired) electrons. The van der Waals surface area contributed by atoms with Gasteiger partial charge in [-0.3, -0.25) is 4.79 Å². The lowest BCUT2D eigenvalue weighted by Gasteiger charge is -2.37. The number of carbonyl (C=O) groups excluding carboxylic acids is 1. The SMILES string of the molecule is C1CC1.COc1cc([B]OC(C)(C)C(C)(C)O)cc(OC(F)F)c1C.NC=O. The molecule has 1 aliphatic rings. The van der Waals surface area contributed by atoms with E-state index < -0.39 is 17.8 Å². The van der Waals surface area contributed by atoms with Crippen LogP contribution in [0.15, 0.2) is 12.1 Å². The maximum absolute atomic E-state index is 12.5. The van der Waals surface area contributed by atoms with Gasteiger partial charge < -0.3 is 25.0 Å². The lowest BCUT2D eigenvalue weighted by molar-refractivity contribution is -0.106. The largest absolute Gasteiger partial charge is 0.496 e. The van der Waals surface area contributed by atoms with Crippen molar-refractivity contribution in [1.82, 2.24) is 0 Å². The maximum Gasteiger partial charge on any atom is 0.387 e. The summed E-state index contributed by atoms with van der Waals surface area (Å²) in [7, 11) is 2.83. The Morgan fingerprint density at radius 1 is 1.18 bits per heavy atom. The molecule has 159 valence electrons. The average Bonchev–Trinajstić information content (AvgIpc) is 3.43. The molecule has 1 aliphatic carbocycles. The summed E-state index contributed by atoms with van der Waals surface area (Å²) in [5.41, 5.74) is 3.19. The van der Waals surface area contributed by atoms with Gasteiger partial charge in [0.05, 0.1) is 18.3 Å². The standard InChI is InChI=1S/C15H22BF2O4.C3H6.CH3NO/c1-9-11(20-6)7-10(8-12(9)21-13(17)18)16-22-15(4,5)14(2,3)19;1-2-3-1;2-1-3/h7-8,13,19H,1-6H3;1-3H2;1H,(H2,2,3). The lowest BCUT2D eigenvalue weighted by atomic mass is 9.82. The number of ether oxygens (including phenoxy) is 2. The van der Waals surface area contributed by atoms with E-state index in [1.807, 2.05) is 0 Å². The van der Waals surface area contributed by atoms with Gasteiger partial charge in [-0.15, -0.1) is 0 Å². The molecule has 0 saturated heterocycles. The van der Waals surface area contributed by atoms with Crippen LogP contribution in [0.2, 0.25) is 0 Å². The van der Waals surface area contributed by atoms with E-state index >= 15 is 0 Å². The Bertz CT molecular complexity index is 602. The molecule has 6 nitrogen and oxygen atoms in total. The first-order valence-electron chi connectivity index (χ1n) is 8.91. The third-order valence-electron chi connectivity index (χ3n) is 4.09. The number of carbonyl (C=O) groups is 1. The van der Waals surface area contributed by atoms with E-state index in [0.717, 1.165) is 0 Å². The molecule has 9 heteroatoms. The summed E-state index contributed by atoms with van der Waals surface area (Å²) in [6.07, 6.45) is 4.75. The second kappa shape index (κ2) is 11.9. The van der Waals surface area contributed by atoms with Crippen molar-refractivity contribution in [2.45, 2.75) is 71.7 Å². The van der Waals surface area contributed by atoms with Crippen LogP contribution < -0.4 is 20.7 Å². The van der Waals surface area contributed by atoms with Crippen molar-refractivity contribution in [1.29, 1.82) is 0 Å². The topological polar surface area (TPSA) is 91.0 Å². The van der Waals surface area contributed by atoms with Crippen molar-refractivity contribution in [3.05, 3.63) is 17.7 Å². The van der Waals surface area contributed by atoms with Crippen LogP contribution in [0.4, 0.5) is 8.78 Å². The zero-order valence-electron chi connectivity index (χ0n) is 17.4. The van der Waals surface area contributed by atoms with Gasteiger partial charge in [0.1, 0.15) is 11.5 Å². The third-order valence-corrected chi connectivity index (χ3v) is 4.09. The summed E-state index contributed by atoms with van der Waals surface area (Å²) in [6.45, 7) is 5.41. The van der Waals surface area contributed by atoms with Gasteiger partial charge >= 0.3 is 14.1 Å². The first-order valence-corrected chi connectivity index (χ1v) is 8.91. The van der Waals surface area contributed by atoms with Gasteiger partial charge in [-0.2, -0.15) is 8.78 Å². The van der Waals surface area contributed by atoms with E-state index in [2.05, 4.69) is 10.5 Å². The molecular weight excluding hydrogens is 371 g/mol. The molecule has 1 saturated carbocycles. The number of hydrogen-bond donors (Lipinski definition) is 2. The Hall–Kier alpha value is -1.87. The molecule has 0 spiro atoms. The first-order chi connectivity index (χ1) is 12.9. The molecular formula is C19H31BF2NO5. The van der Waals surface area contributed by atoms with E-state index in [4.69, 9.17) is 14.2 Å². The van der Waals surface area contributed by atoms with Gasteiger partial charge in [0.25, 0.3) is 0 Å². The molecule has 1 amide bonds. The van der Waals surface area contributed by atoms with E-state index in [1.165, 1.54) is 39.9 Å². The highest BCUT2D eigenvalue weighted by Gasteiger charge is 2.35. The number of amides is 1. The van der Waals surface area contributed by atoms with Gasteiger partial charge in [-0.25, -0.2) is 0 Å². The van der Waals surface area contributed by atoms with Crippen LogP contribution in [-0.2, 0) is 9.45 Å². The Balaban J connectivity index is 0.00000104. The van der Waals surface area contributed by atoms with Crippen LogP contribution in [0.5, 0.6) is 11.5 Å². The van der Waals surface area contributed by atoms with Crippen molar-refractivity contribution in [3.63, 3.8) is 0 Å². The molecule has 0 heterocycles. The van der Waals surface area contributed by atoms with Crippen LogP contribution in [-0.4, -0.2) is 43.9 Å². The summed E-state index contributed by atoms with van der Waals surface area (Å²) >= 11 is 0. The third kappa shape index (κ3) is 9.89. The van der Waals surface area contributed by atoms with Crippen LogP contribution in [0.3, 0.4) is 0 Å². The number of hydrogen-bond acceptors (Lipinski definition) is 5. The molecule has 0 bridgehead atoms. The van der Waals surface area contributed by atoms with Crippen molar-refractivity contribution >= 4 is 19.4 Å². The monoisotopic (exact) mass is 402 g/mol. The van der Waals surface area contributed by atoms with E-state index in [0.29, 0.717) is 16.8 Å². The summed E-state index contributed by atoms with van der Waals surface area (Å²) in [4.78, 5) is 8.58. The van der Waals surface area contributed by atoms with E-state index in [1.54, 1.807) is 40.7 Å². The highest BCUT2D eigenvalue weighted by atomic mass is 19.3. The molecule has 1 fully saturated rings. The van der Waals surface area contributed by atoms with Crippen LogP contribution in [0, 0.1) is 6.92 Å². The maximum atomic E-state index is 12.5. The van der Waals surface area contributed by atoms with Crippen LogP contribution in [0.25, 0.3) is 0 Å². The van der Waals surface area contributed by atoms with Crippen molar-refractivity contribution in [3.8, 4) is 11.5 Å². The minimum Gasteiger partial charge on any atom is -0.496 e. The summed E-state index contributed by atoms with van der Waals surface area (Å²) in [5, 5.41) is 10.0. The Kier molecular flexibility index (Phi) is 11.1. The fourth-order valence-electron chi connectivity index (χ4n) is 1.54. The second-order valence-electron chi connectivity index (χ2n) is 7.23. The number of benzene rings is 1. The smallest absolute Gasteiger partial charge is 0.387 e. The minimum absolute atomic E-state index is 0.0188. The molecule has 0 aromatic heterocycles. The van der Waals surface area contributed by atoms with Gasteiger partial charge in [0, 0.05) is 5.56 Å². The van der Waals surface area contributed by atoms with Crippen molar-refractivity contribution < 1.29 is 32.8 Å². The number of alkyl halides is 2. The lowest BCUT2D eigenvalue weighted by Crippen LogP contribution is -2.49. The fourth-order valence-corrected chi connectivity index (χ4v) is 1.54. The molecule has 1 aromatic rings. The number of halogens is 2. The number of rotatable bonds is 7. The molecule has 0 atom stereocenters. The van der Waals surface area contributed by atoms with Gasteiger partial charge in [0.15, 0.2) is 0 Å². The molecule has 0 unspecified atom stereocenters. The Morgan fingerprint density at radius 3 is 2.00 bits per heavy atom. The van der Waals surface area contributed by atoms with Gasteiger partial charge in [-0.1, -0.05) is 19.3 Å². The van der Waals surface area contributed by atoms with E-state index in [9.17, 15) is 13.9 Å². The summed E-state index contributed by atoms with van der Waals surface area (Å²) < 4.78 is 40.2. The summed E-state index contributed by atoms with van der Waals surface area (Å²) in [5.74, 6) is 0.430. The van der Waals surface area contributed by atoms with Crippen LogP contribution >= 0.6 is 0 Å². The van der Waals surface area contributed by atoms with Crippen LogP contribution in [0.1, 0.15) is 52.5 Å². The molecule has 2 rings (SSSR count). The number of methoxy groups -OCH3 is 1. The Morgan fingerprint density at radius 2 is 1.64 bits per heavy atom. The van der Waals surface area contributed by atoms with Gasteiger partial charge in [-0.05, 0) is 52.2 Å². The molecule has 28 heavy (non-hydrogen) atoms. The van der Waals surface area contributed by atoms with Gasteiger partial charge in [0.2, 0.25) is 6.41 Å². The highest BCUT2D eigenvalue weighted by Crippen LogP contribution is 2.28. The first kappa shape index (κ1) is 26.1. The number of aliphatic hydroxyl groups is 1. The Labute approximate surface area is 166 Å². The molecule has 3 N–H and O–H groups in total. The minimum atomic E-state index is -2.92. The average molecular weight is 402 g/mol. The van der Waals surface area contributed by atoms with E-state index in [-0.39, 0.29) is 12.2 Å². The highest BCUT2D eigenvalue weighted by molar-refractivity contribution is 6.47. The zero-order valence-corrected chi connectivity index (χ0v) is 17.4. The fraction of sp³-hybridized carbons (Fsp3) is 0.632. The molecule has 0 aliphatic heterocycles. The number of nitrogens with two attached hydrogens (primary N) is 1. The van der Waals surface area contributed by atoms with Crippen molar-refractivity contribution in [2.75, 3.05) is 7.11 Å². The quantitative estimate of drug-likeness (QED) is 0.541. The predicted molar refractivity (Wildman–Crippen MR) is 105 cm³/mol. The molecule has 1 aromatic carbocycles. The number of primary amides is 1.